The minimum Gasteiger partial charge on any atom is -0.453 e. The first kappa shape index (κ1) is 30.7. The van der Waals surface area contributed by atoms with E-state index in [1.54, 1.807) is 0 Å². The number of para-hydroxylation sites is 8. The zero-order chi connectivity index (χ0) is 34.4. The quantitative estimate of drug-likeness (QED) is 0.136. The van der Waals surface area contributed by atoms with Gasteiger partial charge >= 0.3 is 0 Å². The van der Waals surface area contributed by atoms with Gasteiger partial charge in [-0.1, -0.05) is 99.9 Å². The number of fused-ring (bicyclic) bond motifs is 6. The fourth-order valence-corrected chi connectivity index (χ4v) is 12.1. The van der Waals surface area contributed by atoms with E-state index in [2.05, 4.69) is 158 Å². The van der Waals surface area contributed by atoms with Gasteiger partial charge in [-0.2, -0.15) is 0 Å². The zero-order valence-electron chi connectivity index (χ0n) is 29.4. The molecule has 0 aliphatic carbocycles. The van der Waals surface area contributed by atoms with Crippen LogP contribution in [0.25, 0.3) is 21.5 Å². The maximum absolute atomic E-state index is 6.38. The summed E-state index contributed by atoms with van der Waals surface area (Å²) in [5.74, 6) is 3.49. The molecule has 0 aromatic heterocycles. The molecule has 6 heteroatoms. The SMILES string of the molecule is C[Si](C)(C)c1c2ccc(N3c4ccccc4Oc4ccccc43)cc2c([Si](C)(C)C)c2ccc(N3c4ccccc4Oc4ccccc43)cc12. The average Bonchev–Trinajstić information content (AvgIpc) is 3.10. The van der Waals surface area contributed by atoms with E-state index >= 15 is 0 Å². The molecule has 9 rings (SSSR count). The topological polar surface area (TPSA) is 24.9 Å². The summed E-state index contributed by atoms with van der Waals surface area (Å²) < 4.78 is 12.8. The third-order valence-electron chi connectivity index (χ3n) is 9.96. The van der Waals surface area contributed by atoms with Gasteiger partial charge in [-0.25, -0.2) is 0 Å². The van der Waals surface area contributed by atoms with Crippen LogP contribution in [-0.2, 0) is 0 Å². The molecular formula is C44H40N2O2Si2. The van der Waals surface area contributed by atoms with Gasteiger partial charge in [0, 0.05) is 11.4 Å². The number of hydrogen-bond donors (Lipinski definition) is 0. The third kappa shape index (κ3) is 4.77. The number of rotatable bonds is 4. The van der Waals surface area contributed by atoms with Gasteiger partial charge in [-0.3, -0.25) is 0 Å². The molecule has 0 fully saturated rings. The average molecular weight is 685 g/mol. The molecule has 4 nitrogen and oxygen atoms in total. The second-order valence-electron chi connectivity index (χ2n) is 15.5. The van der Waals surface area contributed by atoms with Crippen molar-refractivity contribution in [2.24, 2.45) is 0 Å². The summed E-state index contributed by atoms with van der Waals surface area (Å²) in [5, 5.41) is 8.54. The highest BCUT2D eigenvalue weighted by molar-refractivity contribution is 6.95. The van der Waals surface area contributed by atoms with Gasteiger partial charge in [-0.15, -0.1) is 0 Å². The van der Waals surface area contributed by atoms with Crippen LogP contribution < -0.4 is 29.6 Å². The monoisotopic (exact) mass is 684 g/mol. The highest BCUT2D eigenvalue weighted by atomic mass is 28.3. The van der Waals surface area contributed by atoms with Crippen molar-refractivity contribution in [3.63, 3.8) is 0 Å². The Morgan fingerprint density at radius 3 is 0.960 bits per heavy atom. The Kier molecular flexibility index (Phi) is 6.82. The standard InChI is InChI=1S/C44H40N2O2Si2/c1-49(2,3)43-31-25-23-30(46-37-17-9-13-21-41(37)48-42-22-14-10-18-38(42)46)28-34(31)44(50(4,5)6)32-26-24-29(27-33(32)43)45-35-15-7-11-19-39(35)47-40-20-12-8-16-36(40)45/h7-28H,1-6H3. The summed E-state index contributed by atoms with van der Waals surface area (Å²) in [6.07, 6.45) is 0. The Morgan fingerprint density at radius 2 is 0.660 bits per heavy atom. The highest BCUT2D eigenvalue weighted by Crippen LogP contribution is 2.52. The fraction of sp³-hybridized carbons (Fsp3) is 0.136. The highest BCUT2D eigenvalue weighted by Gasteiger charge is 2.33. The van der Waals surface area contributed by atoms with E-state index in [0.29, 0.717) is 0 Å². The van der Waals surface area contributed by atoms with Crippen molar-refractivity contribution in [2.75, 3.05) is 9.80 Å². The number of nitrogens with zero attached hydrogens (tertiary/aromatic N) is 2. The van der Waals surface area contributed by atoms with E-state index in [-0.39, 0.29) is 0 Å². The van der Waals surface area contributed by atoms with Crippen molar-refractivity contribution in [1.82, 2.24) is 0 Å². The predicted molar refractivity (Wildman–Crippen MR) is 217 cm³/mol. The van der Waals surface area contributed by atoms with E-state index < -0.39 is 16.1 Å². The Bertz CT molecular complexity index is 2230. The van der Waals surface area contributed by atoms with E-state index in [1.807, 2.05) is 24.3 Å². The van der Waals surface area contributed by atoms with Gasteiger partial charge in [0.05, 0.1) is 38.9 Å². The van der Waals surface area contributed by atoms with E-state index in [9.17, 15) is 0 Å². The number of hydrogen-bond acceptors (Lipinski definition) is 4. The van der Waals surface area contributed by atoms with Gasteiger partial charge in [0.15, 0.2) is 23.0 Å². The van der Waals surface area contributed by atoms with Crippen molar-refractivity contribution < 1.29 is 9.47 Å². The molecule has 0 unspecified atom stereocenters. The van der Waals surface area contributed by atoms with Gasteiger partial charge in [0.1, 0.15) is 0 Å². The smallest absolute Gasteiger partial charge is 0.151 e. The molecule has 0 saturated heterocycles. The molecule has 7 aromatic rings. The van der Waals surface area contributed by atoms with Crippen LogP contribution in [0.2, 0.25) is 39.3 Å². The second-order valence-corrected chi connectivity index (χ2v) is 25.5. The zero-order valence-corrected chi connectivity index (χ0v) is 31.4. The number of anilines is 6. The Balaban J connectivity index is 1.33. The maximum atomic E-state index is 6.38. The lowest BCUT2D eigenvalue weighted by molar-refractivity contribution is 0.477. The first-order valence-electron chi connectivity index (χ1n) is 17.4. The third-order valence-corrected chi connectivity index (χ3v) is 14.0. The minimum atomic E-state index is -1.89. The van der Waals surface area contributed by atoms with E-state index in [0.717, 1.165) is 57.1 Å². The summed E-state index contributed by atoms with van der Waals surface area (Å²) in [7, 11) is -3.79. The molecule has 0 saturated carbocycles. The molecule has 0 spiro atoms. The molecule has 2 heterocycles. The molecule has 2 aliphatic heterocycles. The van der Waals surface area contributed by atoms with Crippen LogP contribution in [0.15, 0.2) is 133 Å². The lowest BCUT2D eigenvalue weighted by atomic mass is 10.00. The molecule has 0 atom stereocenters. The van der Waals surface area contributed by atoms with Crippen molar-refractivity contribution in [1.29, 1.82) is 0 Å². The maximum Gasteiger partial charge on any atom is 0.151 e. The van der Waals surface area contributed by atoms with Crippen LogP contribution in [0.4, 0.5) is 34.1 Å². The van der Waals surface area contributed by atoms with Crippen LogP contribution >= 0.6 is 0 Å². The van der Waals surface area contributed by atoms with Gasteiger partial charge in [0.2, 0.25) is 0 Å². The molecule has 246 valence electrons. The van der Waals surface area contributed by atoms with Crippen LogP contribution in [-0.4, -0.2) is 16.1 Å². The molecule has 2 aliphatic rings. The lowest BCUT2D eigenvalue weighted by Gasteiger charge is -2.35. The molecule has 0 radical (unpaired) electrons. The summed E-state index contributed by atoms with van der Waals surface area (Å²) >= 11 is 0. The minimum absolute atomic E-state index is 0.872. The fourth-order valence-electron chi connectivity index (χ4n) is 8.06. The van der Waals surface area contributed by atoms with Crippen LogP contribution in [0.5, 0.6) is 23.0 Å². The Labute approximate surface area is 296 Å². The first-order chi connectivity index (χ1) is 24.1. The molecule has 0 bridgehead atoms. The second kappa shape index (κ2) is 11.1. The number of ether oxygens (including phenoxy) is 2. The molecular weight excluding hydrogens is 645 g/mol. The van der Waals surface area contributed by atoms with Crippen molar-refractivity contribution in [3.8, 4) is 23.0 Å². The van der Waals surface area contributed by atoms with Crippen molar-refractivity contribution >= 4 is 82.2 Å². The molecule has 0 N–H and O–H groups in total. The van der Waals surface area contributed by atoms with Crippen LogP contribution in [0.3, 0.4) is 0 Å². The van der Waals surface area contributed by atoms with E-state index in [1.165, 1.54) is 31.9 Å². The molecule has 7 aromatic carbocycles. The summed E-state index contributed by atoms with van der Waals surface area (Å²) in [4.78, 5) is 4.74. The van der Waals surface area contributed by atoms with Gasteiger partial charge < -0.3 is 19.3 Å². The summed E-state index contributed by atoms with van der Waals surface area (Å²) in [5.41, 5.74) is 6.53. The summed E-state index contributed by atoms with van der Waals surface area (Å²) in [6, 6.07) is 47.8. The van der Waals surface area contributed by atoms with Crippen molar-refractivity contribution in [2.45, 2.75) is 39.3 Å². The van der Waals surface area contributed by atoms with Crippen LogP contribution in [0.1, 0.15) is 0 Å². The van der Waals surface area contributed by atoms with Gasteiger partial charge in [0.25, 0.3) is 0 Å². The summed E-state index contributed by atoms with van der Waals surface area (Å²) in [6.45, 7) is 14.9. The van der Waals surface area contributed by atoms with Crippen LogP contribution in [0, 0.1) is 0 Å². The molecule has 0 amide bonds. The Hall–Kier alpha value is -5.31. The Morgan fingerprint density at radius 1 is 0.360 bits per heavy atom. The number of benzene rings is 7. The lowest BCUT2D eigenvalue weighted by Crippen LogP contribution is -2.44. The molecule has 50 heavy (non-hydrogen) atoms. The predicted octanol–water partition coefficient (Wildman–Crippen LogP) is 12.2. The van der Waals surface area contributed by atoms with Gasteiger partial charge in [-0.05, 0) is 105 Å². The van der Waals surface area contributed by atoms with Crippen molar-refractivity contribution in [3.05, 3.63) is 133 Å². The largest absolute Gasteiger partial charge is 0.453 e. The van der Waals surface area contributed by atoms with E-state index in [4.69, 9.17) is 9.47 Å². The first-order valence-corrected chi connectivity index (χ1v) is 24.4. The normalized spacial score (nSPS) is 13.6.